The van der Waals surface area contributed by atoms with Crippen LogP contribution in [0.2, 0.25) is 11.6 Å². The second kappa shape index (κ2) is 4.43. The highest BCUT2D eigenvalue weighted by atomic mass is 15.1. The third kappa shape index (κ3) is 1.66. The van der Waals surface area contributed by atoms with Gasteiger partial charge in [-0.1, -0.05) is 38.5 Å². The number of hydrogen-bond acceptors (Lipinski definition) is 0. The molecule has 3 heteroatoms. The quantitative estimate of drug-likeness (QED) is 0.530. The molecule has 3 rings (SSSR count). The molecule has 1 aromatic rings. The van der Waals surface area contributed by atoms with Crippen molar-refractivity contribution in [2.75, 3.05) is 0 Å². The SMILES string of the molecule is Cc1c(C)[n+](C)c(B2C3CCCC2CCC3)n1C. The van der Waals surface area contributed by atoms with Gasteiger partial charge in [-0.15, -0.1) is 0 Å². The molecule has 0 radical (unpaired) electrons. The highest BCUT2D eigenvalue weighted by Crippen LogP contribution is 2.45. The fourth-order valence-corrected chi connectivity index (χ4v) is 4.60. The lowest BCUT2D eigenvalue weighted by Crippen LogP contribution is -2.61. The molecular formula is C15H26BN2+. The summed E-state index contributed by atoms with van der Waals surface area (Å²) in [5.74, 6) is 1.91. The van der Waals surface area contributed by atoms with Crippen LogP contribution in [0, 0.1) is 13.8 Å². The first-order valence-electron chi connectivity index (χ1n) is 7.63. The van der Waals surface area contributed by atoms with Gasteiger partial charge in [0.1, 0.15) is 11.4 Å². The van der Waals surface area contributed by atoms with Crippen molar-refractivity contribution < 1.29 is 4.57 Å². The Morgan fingerprint density at radius 2 is 1.56 bits per heavy atom. The van der Waals surface area contributed by atoms with Crippen LogP contribution in [0.3, 0.4) is 0 Å². The molecule has 0 N–H and O–H groups in total. The van der Waals surface area contributed by atoms with Crippen LogP contribution in [-0.2, 0) is 14.1 Å². The summed E-state index contributed by atoms with van der Waals surface area (Å²) in [4.78, 5) is 0. The molecule has 2 aliphatic rings. The van der Waals surface area contributed by atoms with Gasteiger partial charge in [-0.25, -0.2) is 9.13 Å². The second-order valence-electron chi connectivity index (χ2n) is 6.55. The van der Waals surface area contributed by atoms with Gasteiger partial charge in [0.2, 0.25) is 5.72 Å². The maximum absolute atomic E-state index is 2.47. The van der Waals surface area contributed by atoms with E-state index in [9.17, 15) is 0 Å². The van der Waals surface area contributed by atoms with E-state index in [4.69, 9.17) is 0 Å². The summed E-state index contributed by atoms with van der Waals surface area (Å²) in [6, 6.07) is 0. The van der Waals surface area contributed by atoms with Crippen LogP contribution < -0.4 is 10.3 Å². The van der Waals surface area contributed by atoms with Gasteiger partial charge in [-0.3, -0.25) is 0 Å². The predicted octanol–water partition coefficient (Wildman–Crippen LogP) is 2.28. The van der Waals surface area contributed by atoms with Crippen molar-refractivity contribution >= 4 is 12.4 Å². The van der Waals surface area contributed by atoms with E-state index >= 15 is 0 Å². The van der Waals surface area contributed by atoms with E-state index in [0.717, 1.165) is 18.3 Å². The van der Waals surface area contributed by atoms with Gasteiger partial charge >= 0.3 is 0 Å². The molecule has 2 aliphatic heterocycles. The van der Waals surface area contributed by atoms with Crippen LogP contribution in [0.25, 0.3) is 0 Å². The Hall–Kier alpha value is -0.725. The monoisotopic (exact) mass is 245 g/mol. The summed E-state index contributed by atoms with van der Waals surface area (Å²) >= 11 is 0. The van der Waals surface area contributed by atoms with Gasteiger partial charge in [-0.2, -0.15) is 0 Å². The molecule has 3 heterocycles. The van der Waals surface area contributed by atoms with Crippen LogP contribution in [0.5, 0.6) is 0 Å². The van der Waals surface area contributed by atoms with Crippen LogP contribution in [0.1, 0.15) is 49.9 Å². The Morgan fingerprint density at radius 1 is 1.06 bits per heavy atom. The normalized spacial score (nSPS) is 27.7. The van der Waals surface area contributed by atoms with Gasteiger partial charge in [0, 0.05) is 13.8 Å². The molecule has 18 heavy (non-hydrogen) atoms. The van der Waals surface area contributed by atoms with Gasteiger partial charge in [0.05, 0.1) is 14.1 Å². The molecule has 0 amide bonds. The number of hydrogen-bond donors (Lipinski definition) is 0. The fraction of sp³-hybridized carbons (Fsp3) is 0.800. The number of aromatic nitrogens is 2. The lowest BCUT2D eigenvalue weighted by Gasteiger charge is -2.38. The number of imidazole rings is 1. The summed E-state index contributed by atoms with van der Waals surface area (Å²) in [6.07, 6.45) is 8.79. The van der Waals surface area contributed by atoms with E-state index in [1.807, 2.05) is 0 Å². The second-order valence-corrected chi connectivity index (χ2v) is 6.55. The Balaban J connectivity index is 2.06. The summed E-state index contributed by atoms with van der Waals surface area (Å²) in [5, 5.41) is 0. The molecule has 2 bridgehead atoms. The molecule has 2 nitrogen and oxygen atoms in total. The van der Waals surface area contributed by atoms with E-state index in [-0.39, 0.29) is 0 Å². The predicted molar refractivity (Wildman–Crippen MR) is 76.7 cm³/mol. The largest absolute Gasteiger partial charge is 0.290 e. The van der Waals surface area contributed by atoms with Gasteiger partial charge in [0.15, 0.2) is 0 Å². The maximum atomic E-state index is 2.47. The smallest absolute Gasteiger partial charge is 0.244 e. The zero-order chi connectivity index (χ0) is 12.9. The molecule has 0 saturated carbocycles. The first-order valence-corrected chi connectivity index (χ1v) is 7.63. The number of nitrogens with zero attached hydrogens (tertiary/aromatic N) is 2. The fourth-order valence-electron chi connectivity index (χ4n) is 4.60. The minimum atomic E-state index is 0.829. The zero-order valence-electron chi connectivity index (χ0n) is 12.4. The minimum Gasteiger partial charge on any atom is -0.244 e. The van der Waals surface area contributed by atoms with Crippen LogP contribution in [0.4, 0.5) is 0 Å². The topological polar surface area (TPSA) is 8.81 Å². The number of fused-ring (bicyclic) bond motifs is 2. The molecule has 2 saturated heterocycles. The van der Waals surface area contributed by atoms with E-state index in [1.165, 1.54) is 49.9 Å². The van der Waals surface area contributed by atoms with E-state index in [2.05, 4.69) is 37.1 Å². The standard InChI is InChI=1S/C15H26BN2/c1-11-12(2)18(4)15(17(11)3)16-13-7-5-8-14(16)10-6-9-13/h13-14H,5-10H2,1-4H3/q+1. The van der Waals surface area contributed by atoms with Crippen molar-refractivity contribution in [3.05, 3.63) is 11.4 Å². The van der Waals surface area contributed by atoms with Crippen molar-refractivity contribution in [3.8, 4) is 0 Å². The molecule has 0 aliphatic carbocycles. The average molecular weight is 245 g/mol. The molecular weight excluding hydrogens is 219 g/mol. The summed E-state index contributed by atoms with van der Waals surface area (Å²) < 4.78 is 4.94. The van der Waals surface area contributed by atoms with Crippen molar-refractivity contribution in [1.82, 2.24) is 4.57 Å². The highest BCUT2D eigenvalue weighted by molar-refractivity contribution is 6.74. The van der Waals surface area contributed by atoms with Crippen molar-refractivity contribution in [1.29, 1.82) is 0 Å². The lowest BCUT2D eigenvalue weighted by atomic mass is 9.26. The first-order chi connectivity index (χ1) is 8.61. The molecule has 98 valence electrons. The molecule has 2 fully saturated rings. The van der Waals surface area contributed by atoms with Crippen LogP contribution >= 0.6 is 0 Å². The van der Waals surface area contributed by atoms with Crippen molar-refractivity contribution in [2.45, 2.75) is 64.0 Å². The Kier molecular flexibility index (Phi) is 3.03. The van der Waals surface area contributed by atoms with E-state index in [0.29, 0.717) is 0 Å². The molecule has 0 spiro atoms. The van der Waals surface area contributed by atoms with Gasteiger partial charge in [0.25, 0.3) is 6.71 Å². The van der Waals surface area contributed by atoms with E-state index in [1.54, 1.807) is 5.72 Å². The summed E-state index contributed by atoms with van der Waals surface area (Å²) in [5.41, 5.74) is 4.48. The van der Waals surface area contributed by atoms with E-state index < -0.39 is 0 Å². The molecule has 0 unspecified atom stereocenters. The minimum absolute atomic E-state index is 0.829. The Bertz CT molecular complexity index is 416. The Labute approximate surface area is 111 Å². The van der Waals surface area contributed by atoms with Crippen LogP contribution in [0.15, 0.2) is 0 Å². The molecule has 0 aromatic carbocycles. The molecule has 0 atom stereocenters. The Morgan fingerprint density at radius 3 is 1.94 bits per heavy atom. The number of rotatable bonds is 1. The summed E-state index contributed by atoms with van der Waals surface area (Å²) in [7, 11) is 4.53. The van der Waals surface area contributed by atoms with Crippen LogP contribution in [-0.4, -0.2) is 11.3 Å². The molecule has 1 aromatic heterocycles. The van der Waals surface area contributed by atoms with Gasteiger partial charge in [-0.05, 0) is 11.6 Å². The lowest BCUT2D eigenvalue weighted by molar-refractivity contribution is -0.659. The van der Waals surface area contributed by atoms with Crippen molar-refractivity contribution in [2.24, 2.45) is 14.1 Å². The average Bonchev–Trinajstić information content (AvgIpc) is 2.53. The van der Waals surface area contributed by atoms with Gasteiger partial charge < -0.3 is 0 Å². The zero-order valence-corrected chi connectivity index (χ0v) is 12.4. The highest BCUT2D eigenvalue weighted by Gasteiger charge is 2.47. The first kappa shape index (κ1) is 12.3. The maximum Gasteiger partial charge on any atom is 0.290 e. The third-order valence-electron chi connectivity index (χ3n) is 5.83. The third-order valence-corrected chi connectivity index (χ3v) is 5.83. The summed E-state index contributed by atoms with van der Waals surface area (Å²) in [6.45, 7) is 5.35. The van der Waals surface area contributed by atoms with Crippen molar-refractivity contribution in [3.63, 3.8) is 0 Å².